The van der Waals surface area contributed by atoms with Crippen molar-refractivity contribution >= 4 is 15.9 Å². The van der Waals surface area contributed by atoms with Gasteiger partial charge in [-0.25, -0.2) is 8.42 Å². The van der Waals surface area contributed by atoms with Crippen LogP contribution in [0.5, 0.6) is 0 Å². The molecule has 0 saturated carbocycles. The number of sulfonamides is 1. The Bertz CT molecular complexity index is 605. The molecule has 0 aliphatic carbocycles. The van der Waals surface area contributed by atoms with Gasteiger partial charge in [0.05, 0.1) is 6.26 Å². The lowest BCUT2D eigenvalue weighted by Crippen LogP contribution is -2.35. The van der Waals surface area contributed by atoms with Crippen LogP contribution in [0.4, 0.5) is 0 Å². The first-order chi connectivity index (χ1) is 10.4. The lowest BCUT2D eigenvalue weighted by molar-refractivity contribution is -0.130. The summed E-state index contributed by atoms with van der Waals surface area (Å²) in [6.07, 6.45) is 3.54. The average Bonchev–Trinajstić information content (AvgIpc) is 2.98. The van der Waals surface area contributed by atoms with Crippen molar-refractivity contribution in [1.29, 1.82) is 0 Å². The first-order valence-electron chi connectivity index (χ1n) is 7.65. The number of benzene rings is 1. The molecule has 1 aromatic rings. The van der Waals surface area contributed by atoms with Gasteiger partial charge in [-0.3, -0.25) is 4.79 Å². The molecule has 1 aliphatic rings. The van der Waals surface area contributed by atoms with Gasteiger partial charge >= 0.3 is 0 Å². The second kappa shape index (κ2) is 7.24. The van der Waals surface area contributed by atoms with E-state index in [2.05, 4.69) is 0 Å². The van der Waals surface area contributed by atoms with Crippen LogP contribution in [0.1, 0.15) is 30.4 Å². The number of carbonyl (C=O) groups excluding carboxylic acids is 1. The summed E-state index contributed by atoms with van der Waals surface area (Å²) in [6.45, 7) is 4.15. The van der Waals surface area contributed by atoms with Gasteiger partial charge in [0.15, 0.2) is 0 Å². The zero-order chi connectivity index (χ0) is 16.2. The number of hydrogen-bond donors (Lipinski definition) is 0. The Balaban J connectivity index is 1.97. The van der Waals surface area contributed by atoms with E-state index in [4.69, 9.17) is 0 Å². The molecule has 0 spiro atoms. The van der Waals surface area contributed by atoms with Crippen LogP contribution in [0.15, 0.2) is 24.3 Å². The predicted octanol–water partition coefficient (Wildman–Crippen LogP) is 1.77. The summed E-state index contributed by atoms with van der Waals surface area (Å²) in [6, 6.07) is 7.78. The molecule has 0 radical (unpaired) electrons. The summed E-state index contributed by atoms with van der Waals surface area (Å²) in [4.78, 5) is 13.9. The van der Waals surface area contributed by atoms with Gasteiger partial charge < -0.3 is 4.90 Å². The Morgan fingerprint density at radius 1 is 1.18 bits per heavy atom. The van der Waals surface area contributed by atoms with Crippen LogP contribution in [0, 0.1) is 6.92 Å². The molecule has 6 heteroatoms. The number of rotatable bonds is 6. The number of aryl methyl sites for hydroxylation is 1. The molecule has 1 aliphatic heterocycles. The Hall–Kier alpha value is -1.40. The maximum Gasteiger partial charge on any atom is 0.223 e. The van der Waals surface area contributed by atoms with Crippen molar-refractivity contribution in [3.63, 3.8) is 0 Å². The van der Waals surface area contributed by atoms with Crippen LogP contribution >= 0.6 is 0 Å². The fourth-order valence-corrected chi connectivity index (χ4v) is 3.41. The Morgan fingerprint density at radius 3 is 2.32 bits per heavy atom. The molecule has 0 aromatic heterocycles. The summed E-state index contributed by atoms with van der Waals surface area (Å²) in [5.41, 5.74) is 2.07. The molecule has 5 nitrogen and oxygen atoms in total. The van der Waals surface area contributed by atoms with Gasteiger partial charge in [0.1, 0.15) is 0 Å². The van der Waals surface area contributed by atoms with Crippen LogP contribution in [0.25, 0.3) is 0 Å². The second-order valence-corrected chi connectivity index (χ2v) is 7.90. The van der Waals surface area contributed by atoms with Gasteiger partial charge in [-0.1, -0.05) is 29.8 Å². The van der Waals surface area contributed by atoms with Crippen molar-refractivity contribution in [2.75, 3.05) is 25.9 Å². The molecule has 0 bridgehead atoms. The molecule has 1 saturated heterocycles. The SMILES string of the molecule is Cc1ccc(CN(CCC(=O)N2CCCC2)S(C)(=O)=O)cc1. The predicted molar refractivity (Wildman–Crippen MR) is 86.9 cm³/mol. The van der Waals surface area contributed by atoms with E-state index in [1.54, 1.807) is 0 Å². The highest BCUT2D eigenvalue weighted by Gasteiger charge is 2.22. The molecular formula is C16H24N2O3S. The summed E-state index contributed by atoms with van der Waals surface area (Å²) in [5.74, 6) is 0.0510. The third-order valence-corrected chi connectivity index (χ3v) is 5.23. The molecule has 0 unspecified atom stereocenters. The summed E-state index contributed by atoms with van der Waals surface area (Å²) >= 11 is 0. The maximum atomic E-state index is 12.1. The van der Waals surface area contributed by atoms with Crippen molar-refractivity contribution in [2.24, 2.45) is 0 Å². The molecule has 0 atom stereocenters. The fraction of sp³-hybridized carbons (Fsp3) is 0.562. The number of amides is 1. The van der Waals surface area contributed by atoms with Crippen molar-refractivity contribution in [3.8, 4) is 0 Å². The highest BCUT2D eigenvalue weighted by molar-refractivity contribution is 7.88. The van der Waals surface area contributed by atoms with Crippen molar-refractivity contribution in [3.05, 3.63) is 35.4 Å². The Kier molecular flexibility index (Phi) is 5.58. The van der Waals surface area contributed by atoms with Crippen LogP contribution in [-0.4, -0.2) is 49.4 Å². The van der Waals surface area contributed by atoms with Gasteiger partial charge in [-0.15, -0.1) is 0 Å². The molecule has 0 N–H and O–H groups in total. The summed E-state index contributed by atoms with van der Waals surface area (Å²) < 4.78 is 25.3. The van der Waals surface area contributed by atoms with Crippen molar-refractivity contribution in [1.82, 2.24) is 9.21 Å². The average molecular weight is 324 g/mol. The van der Waals surface area contributed by atoms with E-state index < -0.39 is 10.0 Å². The monoisotopic (exact) mass is 324 g/mol. The van der Waals surface area contributed by atoms with E-state index in [1.807, 2.05) is 36.1 Å². The number of nitrogens with zero attached hydrogens (tertiary/aromatic N) is 2. The van der Waals surface area contributed by atoms with Gasteiger partial charge in [0.2, 0.25) is 15.9 Å². The molecule has 1 amide bonds. The largest absolute Gasteiger partial charge is 0.343 e. The third kappa shape index (κ3) is 4.81. The zero-order valence-electron chi connectivity index (χ0n) is 13.3. The van der Waals surface area contributed by atoms with Gasteiger partial charge in [-0.05, 0) is 25.3 Å². The molecule has 122 valence electrons. The van der Waals surface area contributed by atoms with Crippen LogP contribution in [0.2, 0.25) is 0 Å². The molecule has 22 heavy (non-hydrogen) atoms. The van der Waals surface area contributed by atoms with E-state index in [-0.39, 0.29) is 18.9 Å². The van der Waals surface area contributed by atoms with E-state index in [1.165, 1.54) is 10.6 Å². The van der Waals surface area contributed by atoms with Gasteiger partial charge in [-0.2, -0.15) is 4.31 Å². The molecular weight excluding hydrogens is 300 g/mol. The van der Waals surface area contributed by atoms with Crippen LogP contribution in [0.3, 0.4) is 0 Å². The lowest BCUT2D eigenvalue weighted by atomic mass is 10.1. The number of hydrogen-bond acceptors (Lipinski definition) is 3. The third-order valence-electron chi connectivity index (χ3n) is 3.98. The second-order valence-electron chi connectivity index (χ2n) is 5.92. The highest BCUT2D eigenvalue weighted by Crippen LogP contribution is 2.13. The Morgan fingerprint density at radius 2 is 1.77 bits per heavy atom. The highest BCUT2D eigenvalue weighted by atomic mass is 32.2. The van der Waals surface area contributed by atoms with Gasteiger partial charge in [0.25, 0.3) is 0 Å². The maximum absolute atomic E-state index is 12.1. The molecule has 1 heterocycles. The number of likely N-dealkylation sites (tertiary alicyclic amines) is 1. The van der Waals surface area contributed by atoms with E-state index in [9.17, 15) is 13.2 Å². The normalized spacial score (nSPS) is 15.5. The fourth-order valence-electron chi connectivity index (χ4n) is 2.60. The quantitative estimate of drug-likeness (QED) is 0.801. The summed E-state index contributed by atoms with van der Waals surface area (Å²) in [7, 11) is -3.33. The number of carbonyl (C=O) groups is 1. The zero-order valence-corrected chi connectivity index (χ0v) is 14.1. The van der Waals surface area contributed by atoms with Crippen molar-refractivity contribution in [2.45, 2.75) is 32.7 Å². The topological polar surface area (TPSA) is 57.7 Å². The lowest BCUT2D eigenvalue weighted by Gasteiger charge is -2.22. The van der Waals surface area contributed by atoms with E-state index in [0.717, 1.165) is 37.1 Å². The first kappa shape index (κ1) is 17.0. The molecule has 1 fully saturated rings. The van der Waals surface area contributed by atoms with Gasteiger partial charge in [0, 0.05) is 32.6 Å². The minimum Gasteiger partial charge on any atom is -0.343 e. The summed E-state index contributed by atoms with van der Waals surface area (Å²) in [5, 5.41) is 0. The minimum atomic E-state index is -3.33. The first-order valence-corrected chi connectivity index (χ1v) is 9.49. The van der Waals surface area contributed by atoms with E-state index in [0.29, 0.717) is 6.54 Å². The smallest absolute Gasteiger partial charge is 0.223 e. The van der Waals surface area contributed by atoms with Crippen molar-refractivity contribution < 1.29 is 13.2 Å². The standard InChI is InChI=1S/C16H24N2O3S/c1-14-5-7-15(8-6-14)13-18(22(2,20)21)12-9-16(19)17-10-3-4-11-17/h5-8H,3-4,9-13H2,1-2H3. The van der Waals surface area contributed by atoms with Crippen LogP contribution < -0.4 is 0 Å². The van der Waals surface area contributed by atoms with E-state index >= 15 is 0 Å². The van der Waals surface area contributed by atoms with Crippen LogP contribution in [-0.2, 0) is 21.4 Å². The Labute approximate surface area is 133 Å². The molecule has 2 rings (SSSR count). The molecule has 1 aromatic carbocycles. The minimum absolute atomic E-state index is 0.0510.